The minimum atomic E-state index is -0.751. The fraction of sp³-hybridized carbons (Fsp3) is 0.0667. The lowest BCUT2D eigenvalue weighted by atomic mass is 10.1. The predicted molar refractivity (Wildman–Crippen MR) is 82.1 cm³/mol. The Hall–Kier alpha value is -1.10. The van der Waals surface area contributed by atoms with Gasteiger partial charge in [0.25, 0.3) is 0 Å². The van der Waals surface area contributed by atoms with Crippen LogP contribution in [0.25, 0.3) is 11.0 Å². The molecule has 0 radical (unpaired) electrons. The van der Waals surface area contributed by atoms with Gasteiger partial charge in [-0.1, -0.05) is 46.3 Å². The van der Waals surface area contributed by atoms with Crippen LogP contribution in [0.3, 0.4) is 0 Å². The van der Waals surface area contributed by atoms with Crippen LogP contribution in [0.5, 0.6) is 0 Å². The highest BCUT2D eigenvalue weighted by atomic mass is 79.9. The van der Waals surface area contributed by atoms with Crippen LogP contribution in [0.4, 0.5) is 0 Å². The molecular formula is C15H10Br2O2. The fourth-order valence-electron chi connectivity index (χ4n) is 2.03. The van der Waals surface area contributed by atoms with Gasteiger partial charge in [-0.3, -0.25) is 0 Å². The van der Waals surface area contributed by atoms with E-state index in [0.29, 0.717) is 5.76 Å². The summed E-state index contributed by atoms with van der Waals surface area (Å²) in [5, 5.41) is 11.3. The van der Waals surface area contributed by atoms with Crippen LogP contribution < -0.4 is 0 Å². The van der Waals surface area contributed by atoms with E-state index in [4.69, 9.17) is 4.42 Å². The van der Waals surface area contributed by atoms with Crippen LogP contribution >= 0.6 is 31.9 Å². The fourth-order valence-corrected chi connectivity index (χ4v) is 3.37. The third-order valence-electron chi connectivity index (χ3n) is 2.94. The summed E-state index contributed by atoms with van der Waals surface area (Å²) in [6.07, 6.45) is -0.751. The number of hydrogen-bond acceptors (Lipinski definition) is 2. The number of aliphatic hydroxyl groups is 1. The van der Waals surface area contributed by atoms with Crippen molar-refractivity contribution >= 4 is 42.8 Å². The van der Waals surface area contributed by atoms with Gasteiger partial charge in [0.1, 0.15) is 17.4 Å². The van der Waals surface area contributed by atoms with Crippen molar-refractivity contribution < 1.29 is 9.52 Å². The maximum Gasteiger partial charge on any atom is 0.148 e. The summed E-state index contributed by atoms with van der Waals surface area (Å²) in [7, 11) is 0. The van der Waals surface area contributed by atoms with E-state index in [9.17, 15) is 5.11 Å². The monoisotopic (exact) mass is 380 g/mol. The smallest absolute Gasteiger partial charge is 0.148 e. The predicted octanol–water partition coefficient (Wildman–Crippen LogP) is 5.04. The molecule has 0 fully saturated rings. The summed E-state index contributed by atoms with van der Waals surface area (Å²) in [6.45, 7) is 0. The number of hydrogen-bond donors (Lipinski definition) is 1. The van der Waals surface area contributed by atoms with Crippen molar-refractivity contribution in [3.63, 3.8) is 0 Å². The van der Waals surface area contributed by atoms with Gasteiger partial charge in [-0.15, -0.1) is 0 Å². The second-order valence-electron chi connectivity index (χ2n) is 4.27. The van der Waals surface area contributed by atoms with Crippen molar-refractivity contribution in [1.29, 1.82) is 0 Å². The summed E-state index contributed by atoms with van der Waals surface area (Å²) >= 11 is 6.90. The zero-order valence-corrected chi connectivity index (χ0v) is 13.0. The molecule has 1 N–H and O–H groups in total. The summed E-state index contributed by atoms with van der Waals surface area (Å²) in [6, 6.07) is 15.2. The first-order valence-corrected chi connectivity index (χ1v) is 7.35. The highest BCUT2D eigenvalue weighted by molar-refractivity contribution is 9.11. The van der Waals surface area contributed by atoms with Crippen LogP contribution in [0.1, 0.15) is 17.4 Å². The summed E-state index contributed by atoms with van der Waals surface area (Å²) < 4.78 is 7.58. The third kappa shape index (κ3) is 2.48. The van der Waals surface area contributed by atoms with Gasteiger partial charge in [0.05, 0.1) is 4.47 Å². The third-order valence-corrected chi connectivity index (χ3v) is 3.99. The van der Waals surface area contributed by atoms with Gasteiger partial charge >= 0.3 is 0 Å². The van der Waals surface area contributed by atoms with Crippen molar-refractivity contribution in [3.05, 3.63) is 68.8 Å². The minimum Gasteiger partial charge on any atom is -0.457 e. The second kappa shape index (κ2) is 5.12. The Kier molecular flexibility index (Phi) is 3.48. The standard InChI is InChI=1S/C15H10Br2O2/c16-11-6-10-7-13(19-15(10)12(17)8-11)14(18)9-4-2-1-3-5-9/h1-8,14,18H. The Labute approximate surface area is 127 Å². The van der Waals surface area contributed by atoms with Gasteiger partial charge in [-0.05, 0) is 39.7 Å². The molecule has 0 aliphatic carbocycles. The zero-order valence-electron chi connectivity index (χ0n) is 9.81. The minimum absolute atomic E-state index is 0.542. The molecule has 1 aromatic heterocycles. The molecule has 4 heteroatoms. The van der Waals surface area contributed by atoms with Crippen molar-refractivity contribution in [2.24, 2.45) is 0 Å². The number of fused-ring (bicyclic) bond motifs is 1. The lowest BCUT2D eigenvalue weighted by molar-refractivity contribution is 0.192. The molecule has 2 aromatic carbocycles. The highest BCUT2D eigenvalue weighted by Crippen LogP contribution is 2.34. The first-order chi connectivity index (χ1) is 9.15. The van der Waals surface area contributed by atoms with Crippen LogP contribution in [0.15, 0.2) is 61.9 Å². The van der Waals surface area contributed by atoms with Gasteiger partial charge in [0, 0.05) is 9.86 Å². The van der Waals surface area contributed by atoms with Crippen molar-refractivity contribution in [2.45, 2.75) is 6.10 Å². The molecule has 0 bridgehead atoms. The lowest BCUT2D eigenvalue weighted by Crippen LogP contribution is -1.96. The zero-order chi connectivity index (χ0) is 13.4. The largest absolute Gasteiger partial charge is 0.457 e. The Morgan fingerprint density at radius 2 is 1.74 bits per heavy atom. The summed E-state index contributed by atoms with van der Waals surface area (Å²) in [5.41, 5.74) is 1.56. The number of rotatable bonds is 2. The van der Waals surface area contributed by atoms with Gasteiger partial charge in [-0.25, -0.2) is 0 Å². The average molecular weight is 382 g/mol. The van der Waals surface area contributed by atoms with E-state index < -0.39 is 6.10 Å². The molecule has 19 heavy (non-hydrogen) atoms. The molecule has 3 rings (SSSR count). The number of halogens is 2. The number of benzene rings is 2. The van der Waals surface area contributed by atoms with Crippen LogP contribution in [-0.4, -0.2) is 5.11 Å². The Morgan fingerprint density at radius 1 is 1.00 bits per heavy atom. The molecule has 1 unspecified atom stereocenters. The molecule has 0 aliphatic rings. The van der Waals surface area contributed by atoms with Gasteiger partial charge in [0.2, 0.25) is 0 Å². The molecule has 2 nitrogen and oxygen atoms in total. The quantitative estimate of drug-likeness (QED) is 0.674. The first-order valence-electron chi connectivity index (χ1n) is 5.76. The Bertz CT molecular complexity index is 720. The first kappa shape index (κ1) is 12.9. The molecule has 0 saturated carbocycles. The molecule has 0 saturated heterocycles. The topological polar surface area (TPSA) is 33.4 Å². The van der Waals surface area contributed by atoms with Crippen LogP contribution in [0.2, 0.25) is 0 Å². The SMILES string of the molecule is OC(c1ccccc1)c1cc2cc(Br)cc(Br)c2o1. The molecule has 96 valence electrons. The average Bonchev–Trinajstić information content (AvgIpc) is 2.83. The molecular weight excluding hydrogens is 372 g/mol. The molecule has 0 spiro atoms. The maximum atomic E-state index is 10.3. The van der Waals surface area contributed by atoms with Gasteiger partial charge in [-0.2, -0.15) is 0 Å². The van der Waals surface area contributed by atoms with Gasteiger partial charge in [0.15, 0.2) is 0 Å². The van der Waals surface area contributed by atoms with Gasteiger partial charge < -0.3 is 9.52 Å². The van der Waals surface area contributed by atoms with E-state index in [2.05, 4.69) is 31.9 Å². The maximum absolute atomic E-state index is 10.3. The molecule has 0 amide bonds. The molecule has 1 atom stereocenters. The normalized spacial score (nSPS) is 12.8. The summed E-state index contributed by atoms with van der Waals surface area (Å²) in [5.74, 6) is 0.542. The van der Waals surface area contributed by atoms with Crippen LogP contribution in [0, 0.1) is 0 Å². The van der Waals surface area contributed by atoms with E-state index in [1.807, 2.05) is 48.5 Å². The molecule has 1 heterocycles. The Morgan fingerprint density at radius 3 is 2.47 bits per heavy atom. The Balaban J connectivity index is 2.09. The van der Waals surface area contributed by atoms with Crippen molar-refractivity contribution in [2.75, 3.05) is 0 Å². The van der Waals surface area contributed by atoms with E-state index in [0.717, 1.165) is 25.5 Å². The molecule has 3 aromatic rings. The van der Waals surface area contributed by atoms with Crippen molar-refractivity contribution in [1.82, 2.24) is 0 Å². The van der Waals surface area contributed by atoms with Crippen LogP contribution in [-0.2, 0) is 0 Å². The van der Waals surface area contributed by atoms with E-state index in [1.165, 1.54) is 0 Å². The van der Waals surface area contributed by atoms with E-state index >= 15 is 0 Å². The van der Waals surface area contributed by atoms with E-state index in [-0.39, 0.29) is 0 Å². The highest BCUT2D eigenvalue weighted by Gasteiger charge is 2.16. The lowest BCUT2D eigenvalue weighted by Gasteiger charge is -2.06. The van der Waals surface area contributed by atoms with Crippen molar-refractivity contribution in [3.8, 4) is 0 Å². The summed E-state index contributed by atoms with van der Waals surface area (Å²) in [4.78, 5) is 0. The number of aliphatic hydroxyl groups excluding tert-OH is 1. The number of furan rings is 1. The second-order valence-corrected chi connectivity index (χ2v) is 6.04. The molecule has 0 aliphatic heterocycles. The van der Waals surface area contributed by atoms with E-state index in [1.54, 1.807) is 0 Å².